The van der Waals surface area contributed by atoms with Crippen LogP contribution in [0.5, 0.6) is 0 Å². The second kappa shape index (κ2) is 7.12. The number of aromatic nitrogens is 1. The quantitative estimate of drug-likeness (QED) is 0.528. The van der Waals surface area contributed by atoms with Gasteiger partial charge in [0, 0.05) is 5.69 Å². The van der Waals surface area contributed by atoms with Crippen LogP contribution in [0.4, 0.5) is 11.4 Å². The maximum absolute atomic E-state index is 12.7. The average Bonchev–Trinajstić information content (AvgIpc) is 3.24. The highest BCUT2D eigenvalue weighted by Crippen LogP contribution is 2.24. The zero-order valence-electron chi connectivity index (χ0n) is 15.4. The van der Waals surface area contributed by atoms with Crippen LogP contribution in [0.15, 0.2) is 58.1 Å². The predicted molar refractivity (Wildman–Crippen MR) is 105 cm³/mol. The molecule has 1 aliphatic rings. The molecule has 3 amide bonds. The van der Waals surface area contributed by atoms with E-state index >= 15 is 0 Å². The molecule has 30 heavy (non-hydrogen) atoms. The summed E-state index contributed by atoms with van der Waals surface area (Å²) in [6.07, 6.45) is 1.28. The summed E-state index contributed by atoms with van der Waals surface area (Å²) in [5, 5.41) is 8.28. The van der Waals surface area contributed by atoms with Crippen molar-refractivity contribution in [3.63, 3.8) is 0 Å². The zero-order valence-corrected chi connectivity index (χ0v) is 16.2. The number of imide groups is 1. The fraction of sp³-hybridized carbons (Fsp3) is 0.0526. The van der Waals surface area contributed by atoms with E-state index in [-0.39, 0.29) is 27.3 Å². The van der Waals surface area contributed by atoms with Crippen LogP contribution >= 0.6 is 0 Å². The lowest BCUT2D eigenvalue weighted by molar-refractivity contribution is 0.0878. The molecule has 0 saturated heterocycles. The number of carbonyl (C=O) groups is 3. The van der Waals surface area contributed by atoms with Gasteiger partial charge in [-0.3, -0.25) is 24.4 Å². The third-order valence-corrected chi connectivity index (χ3v) is 5.76. The summed E-state index contributed by atoms with van der Waals surface area (Å²) in [7, 11) is -4.05. The van der Waals surface area contributed by atoms with Crippen molar-refractivity contribution in [2.75, 3.05) is 10.0 Å². The van der Waals surface area contributed by atoms with Crippen LogP contribution in [0.25, 0.3) is 0 Å². The number of nitrogens with zero attached hydrogens (tertiary/aromatic N) is 1. The summed E-state index contributed by atoms with van der Waals surface area (Å²) in [6.45, 7) is 1.59. The lowest BCUT2D eigenvalue weighted by atomic mass is 10.1. The summed E-state index contributed by atoms with van der Waals surface area (Å²) in [5.41, 5.74) is 0.906. The Kier molecular flexibility index (Phi) is 4.59. The number of benzene rings is 2. The molecule has 0 fully saturated rings. The molecule has 0 saturated carbocycles. The van der Waals surface area contributed by atoms with Crippen LogP contribution < -0.4 is 15.4 Å². The molecule has 11 heteroatoms. The van der Waals surface area contributed by atoms with E-state index in [0.29, 0.717) is 11.4 Å². The largest absolute Gasteiger partial charge is 0.361 e. The van der Waals surface area contributed by atoms with Gasteiger partial charge < -0.3 is 9.84 Å². The molecule has 10 nitrogen and oxygen atoms in total. The molecule has 3 aromatic rings. The highest BCUT2D eigenvalue weighted by Gasteiger charge is 2.28. The lowest BCUT2D eigenvalue weighted by Crippen LogP contribution is -2.20. The molecule has 0 aliphatic carbocycles. The Balaban J connectivity index is 1.56. The Hall–Kier alpha value is -3.99. The lowest BCUT2D eigenvalue weighted by Gasteiger charge is -2.11. The van der Waals surface area contributed by atoms with Gasteiger partial charge in [0.05, 0.1) is 27.9 Å². The number of sulfonamides is 1. The fourth-order valence-electron chi connectivity index (χ4n) is 2.90. The van der Waals surface area contributed by atoms with Crippen molar-refractivity contribution in [1.82, 2.24) is 10.5 Å². The first-order valence-electron chi connectivity index (χ1n) is 8.60. The Morgan fingerprint density at radius 2 is 1.77 bits per heavy atom. The van der Waals surface area contributed by atoms with E-state index in [2.05, 4.69) is 20.5 Å². The van der Waals surface area contributed by atoms with Gasteiger partial charge in [0.1, 0.15) is 11.3 Å². The van der Waals surface area contributed by atoms with E-state index in [0.717, 1.165) is 6.07 Å². The molecule has 1 aromatic heterocycles. The molecular formula is C19H14N4O6S. The van der Waals surface area contributed by atoms with Gasteiger partial charge >= 0.3 is 0 Å². The third kappa shape index (κ3) is 3.53. The van der Waals surface area contributed by atoms with Crippen molar-refractivity contribution in [3.8, 4) is 0 Å². The van der Waals surface area contributed by atoms with Crippen molar-refractivity contribution in [2.45, 2.75) is 11.8 Å². The summed E-state index contributed by atoms with van der Waals surface area (Å²) in [6, 6.07) is 9.73. The van der Waals surface area contributed by atoms with Crippen LogP contribution in [-0.4, -0.2) is 31.3 Å². The number of amides is 3. The molecule has 2 aromatic carbocycles. The van der Waals surface area contributed by atoms with Crippen LogP contribution in [-0.2, 0) is 10.0 Å². The molecule has 152 valence electrons. The SMILES string of the molecule is Cc1oncc1C(=O)Nc1cccc(NS(=O)(=O)c2ccc3c(c2)C(=O)NC3=O)c1. The van der Waals surface area contributed by atoms with E-state index < -0.39 is 27.7 Å². The first-order valence-corrected chi connectivity index (χ1v) is 10.1. The number of rotatable bonds is 5. The van der Waals surface area contributed by atoms with E-state index in [1.165, 1.54) is 30.5 Å². The summed E-state index contributed by atoms with van der Waals surface area (Å²) in [5.74, 6) is -1.33. The third-order valence-electron chi connectivity index (χ3n) is 4.39. The van der Waals surface area contributed by atoms with Gasteiger partial charge in [-0.05, 0) is 43.3 Å². The van der Waals surface area contributed by atoms with Gasteiger partial charge in [0.15, 0.2) is 0 Å². The molecule has 0 unspecified atom stereocenters. The number of fused-ring (bicyclic) bond motifs is 1. The molecule has 2 heterocycles. The van der Waals surface area contributed by atoms with Crippen LogP contribution in [0, 0.1) is 6.92 Å². The smallest absolute Gasteiger partial charge is 0.261 e. The second-order valence-electron chi connectivity index (χ2n) is 6.43. The number of hydrogen-bond donors (Lipinski definition) is 3. The van der Waals surface area contributed by atoms with Gasteiger partial charge in [-0.15, -0.1) is 0 Å². The summed E-state index contributed by atoms with van der Waals surface area (Å²) >= 11 is 0. The Bertz CT molecular complexity index is 1310. The van der Waals surface area contributed by atoms with Crippen molar-refractivity contribution in [1.29, 1.82) is 0 Å². The highest BCUT2D eigenvalue weighted by atomic mass is 32.2. The van der Waals surface area contributed by atoms with Crippen molar-refractivity contribution in [3.05, 3.63) is 71.1 Å². The van der Waals surface area contributed by atoms with Crippen molar-refractivity contribution < 1.29 is 27.3 Å². The van der Waals surface area contributed by atoms with Crippen LogP contribution in [0.3, 0.4) is 0 Å². The summed E-state index contributed by atoms with van der Waals surface area (Å²) in [4.78, 5) is 35.5. The minimum atomic E-state index is -4.05. The maximum Gasteiger partial charge on any atom is 0.261 e. The van der Waals surface area contributed by atoms with E-state index in [1.807, 2.05) is 0 Å². The molecular weight excluding hydrogens is 412 g/mol. The number of hydrogen-bond acceptors (Lipinski definition) is 7. The highest BCUT2D eigenvalue weighted by molar-refractivity contribution is 7.92. The Labute approximate surface area is 170 Å². The monoisotopic (exact) mass is 426 g/mol. The van der Waals surface area contributed by atoms with Crippen molar-refractivity contribution >= 4 is 39.1 Å². The number of aryl methyl sites for hydroxylation is 1. The fourth-order valence-corrected chi connectivity index (χ4v) is 3.98. The van der Waals surface area contributed by atoms with Gasteiger partial charge in [-0.25, -0.2) is 8.42 Å². The maximum atomic E-state index is 12.7. The zero-order chi connectivity index (χ0) is 21.5. The first-order chi connectivity index (χ1) is 14.2. The molecule has 0 radical (unpaired) electrons. The minimum absolute atomic E-state index is 0.00650. The van der Waals surface area contributed by atoms with E-state index in [4.69, 9.17) is 4.52 Å². The van der Waals surface area contributed by atoms with Crippen LogP contribution in [0.1, 0.15) is 36.8 Å². The number of anilines is 2. The van der Waals surface area contributed by atoms with Gasteiger partial charge in [0.25, 0.3) is 27.7 Å². The molecule has 4 rings (SSSR count). The Morgan fingerprint density at radius 3 is 2.50 bits per heavy atom. The standard InChI is InChI=1S/C19H14N4O6S/c1-10-16(9-20-29-10)19(26)21-11-3-2-4-12(7-11)23-30(27,28)13-5-6-14-15(8-13)18(25)22-17(14)24/h2-9,23H,1H3,(H,21,26)(H,22,24,25). The molecule has 0 bridgehead atoms. The van der Waals surface area contributed by atoms with E-state index in [1.54, 1.807) is 19.1 Å². The number of nitrogens with one attached hydrogen (secondary N) is 3. The average molecular weight is 426 g/mol. The second-order valence-corrected chi connectivity index (χ2v) is 8.11. The van der Waals surface area contributed by atoms with Crippen molar-refractivity contribution in [2.24, 2.45) is 0 Å². The van der Waals surface area contributed by atoms with E-state index in [9.17, 15) is 22.8 Å². The minimum Gasteiger partial charge on any atom is -0.361 e. The molecule has 3 N–H and O–H groups in total. The van der Waals surface area contributed by atoms with Crippen LogP contribution in [0.2, 0.25) is 0 Å². The topological polar surface area (TPSA) is 147 Å². The predicted octanol–water partition coefficient (Wildman–Crippen LogP) is 1.92. The molecule has 0 atom stereocenters. The number of carbonyl (C=O) groups excluding carboxylic acids is 3. The first kappa shape index (κ1) is 19.3. The van der Waals surface area contributed by atoms with Gasteiger partial charge in [-0.1, -0.05) is 11.2 Å². The summed E-state index contributed by atoms with van der Waals surface area (Å²) < 4.78 is 32.7. The van der Waals surface area contributed by atoms with Gasteiger partial charge in [0.2, 0.25) is 0 Å². The van der Waals surface area contributed by atoms with Gasteiger partial charge in [-0.2, -0.15) is 0 Å². The molecule has 1 aliphatic heterocycles. The Morgan fingerprint density at radius 1 is 1.03 bits per heavy atom. The molecule has 0 spiro atoms. The normalized spacial score (nSPS) is 13.0.